The number of Topliss-reactive ketones (excluding diaryl/α,β-unsaturated/α-hetero) is 1. The topological polar surface area (TPSA) is 73.8 Å². The molecule has 6 nitrogen and oxygen atoms in total. The second-order valence-corrected chi connectivity index (χ2v) is 7.73. The van der Waals surface area contributed by atoms with E-state index >= 15 is 0 Å². The summed E-state index contributed by atoms with van der Waals surface area (Å²) in [7, 11) is 0. The van der Waals surface area contributed by atoms with Crippen molar-refractivity contribution in [1.82, 2.24) is 19.7 Å². The number of hydrogen-bond acceptors (Lipinski definition) is 5. The summed E-state index contributed by atoms with van der Waals surface area (Å²) in [6.45, 7) is 10.3. The van der Waals surface area contributed by atoms with Crippen LogP contribution in [0.5, 0.6) is 0 Å². The van der Waals surface area contributed by atoms with E-state index in [4.69, 9.17) is 4.52 Å². The minimum Gasteiger partial charge on any atom is -0.361 e. The van der Waals surface area contributed by atoms with Gasteiger partial charge in [0.1, 0.15) is 11.6 Å². The number of aryl methyl sites for hydroxylation is 3. The summed E-state index contributed by atoms with van der Waals surface area (Å²) in [5, 5.41) is 4.05. The smallest absolute Gasteiger partial charge is 0.177 e. The molecule has 0 unspecified atom stereocenters. The highest BCUT2D eigenvalue weighted by atomic mass is 16.5. The first-order valence-corrected chi connectivity index (χ1v) is 9.74. The first-order valence-electron chi connectivity index (χ1n) is 9.74. The van der Waals surface area contributed by atoms with E-state index in [1.165, 1.54) is 0 Å². The Morgan fingerprint density at radius 1 is 1.14 bits per heavy atom. The Balaban J connectivity index is 1.71. The van der Waals surface area contributed by atoms with Crippen LogP contribution in [0.25, 0.3) is 22.3 Å². The second kappa shape index (κ2) is 7.28. The number of pyridine rings is 1. The van der Waals surface area contributed by atoms with Gasteiger partial charge in [0, 0.05) is 35.3 Å². The molecule has 0 bridgehead atoms. The molecule has 148 valence electrons. The first-order chi connectivity index (χ1) is 13.8. The summed E-state index contributed by atoms with van der Waals surface area (Å²) in [4.78, 5) is 21.3. The number of aromatic nitrogens is 4. The average Bonchev–Trinajstić information content (AvgIpc) is 3.20. The number of rotatable bonds is 5. The van der Waals surface area contributed by atoms with Crippen LogP contribution in [0.4, 0.5) is 0 Å². The van der Waals surface area contributed by atoms with Crippen LogP contribution in [0.1, 0.15) is 47.0 Å². The molecule has 4 aromatic rings. The number of imidazole rings is 1. The Kier molecular flexibility index (Phi) is 4.78. The van der Waals surface area contributed by atoms with Crippen LogP contribution in [-0.4, -0.2) is 25.5 Å². The molecule has 0 N–H and O–H groups in total. The zero-order chi connectivity index (χ0) is 20.7. The van der Waals surface area contributed by atoms with Gasteiger partial charge < -0.3 is 9.09 Å². The molecule has 0 saturated heterocycles. The highest BCUT2D eigenvalue weighted by Crippen LogP contribution is 2.29. The quantitative estimate of drug-likeness (QED) is 0.455. The third-order valence-corrected chi connectivity index (χ3v) is 5.22. The predicted octanol–water partition coefficient (Wildman–Crippen LogP) is 4.90. The maximum absolute atomic E-state index is 12.2. The van der Waals surface area contributed by atoms with Gasteiger partial charge >= 0.3 is 0 Å². The summed E-state index contributed by atoms with van der Waals surface area (Å²) in [6.07, 6.45) is 1.82. The predicted molar refractivity (Wildman–Crippen MR) is 112 cm³/mol. The number of benzene rings is 1. The van der Waals surface area contributed by atoms with Gasteiger partial charge in [-0.05, 0) is 32.4 Å². The maximum Gasteiger partial charge on any atom is 0.177 e. The van der Waals surface area contributed by atoms with Crippen LogP contribution in [0, 0.1) is 26.7 Å². The lowest BCUT2D eigenvalue weighted by molar-refractivity contribution is 0.0939. The molecule has 0 aliphatic carbocycles. The maximum atomic E-state index is 12.2. The molecule has 6 heteroatoms. The van der Waals surface area contributed by atoms with Crippen LogP contribution in [-0.2, 0) is 6.54 Å². The third-order valence-electron chi connectivity index (χ3n) is 5.22. The van der Waals surface area contributed by atoms with Crippen molar-refractivity contribution in [3.05, 3.63) is 64.9 Å². The summed E-state index contributed by atoms with van der Waals surface area (Å²) < 4.78 is 7.45. The van der Waals surface area contributed by atoms with E-state index in [1.54, 1.807) is 0 Å². The molecule has 4 rings (SSSR count). The monoisotopic (exact) mass is 388 g/mol. The van der Waals surface area contributed by atoms with E-state index in [9.17, 15) is 4.79 Å². The SMILES string of the molecule is Cc1noc(C)c1-c1cnc2nc(C)n(Cc3ccc(C(=O)C(C)C)cc3)c2c1. The highest BCUT2D eigenvalue weighted by Gasteiger charge is 2.16. The van der Waals surface area contributed by atoms with Gasteiger partial charge in [-0.15, -0.1) is 0 Å². The lowest BCUT2D eigenvalue weighted by Gasteiger charge is -2.09. The highest BCUT2D eigenvalue weighted by molar-refractivity contribution is 5.97. The van der Waals surface area contributed by atoms with E-state index in [1.807, 2.05) is 65.1 Å². The molecule has 0 aliphatic rings. The Labute approximate surface area is 169 Å². The number of fused-ring (bicyclic) bond motifs is 1. The number of nitrogens with zero attached hydrogens (tertiary/aromatic N) is 4. The van der Waals surface area contributed by atoms with Crippen molar-refractivity contribution < 1.29 is 9.32 Å². The van der Waals surface area contributed by atoms with Crippen LogP contribution >= 0.6 is 0 Å². The van der Waals surface area contributed by atoms with E-state index in [0.717, 1.165) is 45.0 Å². The van der Waals surface area contributed by atoms with Crippen LogP contribution in [0.3, 0.4) is 0 Å². The number of carbonyl (C=O) groups is 1. The van der Waals surface area contributed by atoms with Crippen molar-refractivity contribution in [2.24, 2.45) is 5.92 Å². The van der Waals surface area contributed by atoms with Crippen molar-refractivity contribution >= 4 is 16.9 Å². The summed E-state index contributed by atoms with van der Waals surface area (Å²) in [6, 6.07) is 9.91. The fourth-order valence-corrected chi connectivity index (χ4v) is 3.64. The van der Waals surface area contributed by atoms with Crippen LogP contribution in [0.15, 0.2) is 41.1 Å². The molecule has 3 heterocycles. The molecule has 1 aromatic carbocycles. The summed E-state index contributed by atoms with van der Waals surface area (Å²) >= 11 is 0. The third kappa shape index (κ3) is 3.46. The number of carbonyl (C=O) groups excluding carboxylic acids is 1. The van der Waals surface area contributed by atoms with Gasteiger partial charge in [-0.3, -0.25) is 4.79 Å². The molecule has 0 aliphatic heterocycles. The minimum absolute atomic E-state index is 0.00509. The van der Waals surface area contributed by atoms with Gasteiger partial charge in [0.15, 0.2) is 11.4 Å². The average molecular weight is 388 g/mol. The van der Waals surface area contributed by atoms with Crippen molar-refractivity contribution in [3.8, 4) is 11.1 Å². The van der Waals surface area contributed by atoms with Crippen LogP contribution in [0.2, 0.25) is 0 Å². The van der Waals surface area contributed by atoms with Gasteiger partial charge in [-0.1, -0.05) is 43.3 Å². The summed E-state index contributed by atoms with van der Waals surface area (Å²) in [5.41, 5.74) is 6.31. The van der Waals surface area contributed by atoms with Gasteiger partial charge in [-0.25, -0.2) is 9.97 Å². The van der Waals surface area contributed by atoms with Crippen molar-refractivity contribution in [2.45, 2.75) is 41.2 Å². The molecule has 3 aromatic heterocycles. The Bertz CT molecular complexity index is 1180. The van der Waals surface area contributed by atoms with E-state index < -0.39 is 0 Å². The Morgan fingerprint density at radius 2 is 1.86 bits per heavy atom. The molecule has 0 saturated carbocycles. The summed E-state index contributed by atoms with van der Waals surface area (Å²) in [5.74, 6) is 1.83. The van der Waals surface area contributed by atoms with Gasteiger partial charge in [-0.2, -0.15) is 0 Å². The van der Waals surface area contributed by atoms with Gasteiger partial charge in [0.2, 0.25) is 0 Å². The standard InChI is InChI=1S/C23H24N4O2/c1-13(2)22(28)18-8-6-17(7-9-18)12-27-16(5)25-23-20(27)10-19(11-24-23)21-14(3)26-29-15(21)4/h6-11,13H,12H2,1-5H3. The van der Waals surface area contributed by atoms with E-state index in [2.05, 4.69) is 25.8 Å². The molecule has 0 amide bonds. The molecule has 0 radical (unpaired) electrons. The molecular formula is C23H24N4O2. The van der Waals surface area contributed by atoms with Crippen LogP contribution < -0.4 is 0 Å². The van der Waals surface area contributed by atoms with Gasteiger partial charge in [0.25, 0.3) is 0 Å². The van der Waals surface area contributed by atoms with Crippen molar-refractivity contribution in [3.63, 3.8) is 0 Å². The Morgan fingerprint density at radius 3 is 2.48 bits per heavy atom. The van der Waals surface area contributed by atoms with Gasteiger partial charge in [0.05, 0.1) is 11.2 Å². The normalized spacial score (nSPS) is 11.5. The lowest BCUT2D eigenvalue weighted by Crippen LogP contribution is -2.08. The molecule has 0 fully saturated rings. The van der Waals surface area contributed by atoms with E-state index in [0.29, 0.717) is 12.2 Å². The largest absolute Gasteiger partial charge is 0.361 e. The molecule has 0 spiro atoms. The second-order valence-electron chi connectivity index (χ2n) is 7.73. The zero-order valence-corrected chi connectivity index (χ0v) is 17.4. The Hall–Kier alpha value is -3.28. The molecule has 0 atom stereocenters. The minimum atomic E-state index is -0.00509. The van der Waals surface area contributed by atoms with Crippen molar-refractivity contribution in [2.75, 3.05) is 0 Å². The van der Waals surface area contributed by atoms with Crippen molar-refractivity contribution in [1.29, 1.82) is 0 Å². The zero-order valence-electron chi connectivity index (χ0n) is 17.4. The molecule has 29 heavy (non-hydrogen) atoms. The number of hydrogen-bond donors (Lipinski definition) is 0. The fraction of sp³-hybridized carbons (Fsp3) is 0.304. The number of ketones is 1. The lowest BCUT2D eigenvalue weighted by atomic mass is 10.00. The van der Waals surface area contributed by atoms with E-state index in [-0.39, 0.29) is 11.7 Å². The first kappa shape index (κ1) is 19.1. The fourth-order valence-electron chi connectivity index (χ4n) is 3.64. The molecular weight excluding hydrogens is 364 g/mol.